The Labute approximate surface area is 143 Å². The van der Waals surface area contributed by atoms with Gasteiger partial charge in [-0.1, -0.05) is 32.0 Å². The van der Waals surface area contributed by atoms with E-state index in [-0.39, 0.29) is 5.91 Å². The number of carbonyl (C=O) groups excluding carboxylic acids is 1. The van der Waals surface area contributed by atoms with Crippen LogP contribution in [-0.2, 0) is 10.0 Å². The Morgan fingerprint density at radius 1 is 1.04 bits per heavy atom. The predicted octanol–water partition coefficient (Wildman–Crippen LogP) is 3.74. The summed E-state index contributed by atoms with van der Waals surface area (Å²) in [6, 6.07) is 12.6. The summed E-state index contributed by atoms with van der Waals surface area (Å²) >= 11 is 0. The lowest BCUT2D eigenvalue weighted by molar-refractivity contribution is 0.102. The van der Waals surface area contributed by atoms with Crippen molar-refractivity contribution in [3.63, 3.8) is 0 Å². The van der Waals surface area contributed by atoms with Gasteiger partial charge in [-0.15, -0.1) is 0 Å². The highest BCUT2D eigenvalue weighted by Gasteiger charge is 2.14. The molecule has 2 aromatic carbocycles. The van der Waals surface area contributed by atoms with E-state index in [1.807, 2.05) is 24.3 Å². The molecular weight excluding hydrogens is 324 g/mol. The third kappa shape index (κ3) is 4.58. The van der Waals surface area contributed by atoms with E-state index < -0.39 is 10.0 Å². The van der Waals surface area contributed by atoms with Crippen LogP contribution in [-0.4, -0.2) is 20.6 Å². The predicted molar refractivity (Wildman–Crippen MR) is 98.1 cm³/mol. The highest BCUT2D eigenvalue weighted by molar-refractivity contribution is 7.92. The normalized spacial score (nSPS) is 11.4. The molecule has 5 nitrogen and oxygen atoms in total. The topological polar surface area (TPSA) is 75.3 Å². The lowest BCUT2D eigenvalue weighted by Gasteiger charge is -2.13. The Morgan fingerprint density at radius 3 is 2.21 bits per heavy atom. The highest BCUT2D eigenvalue weighted by Crippen LogP contribution is 2.22. The third-order valence-corrected chi connectivity index (χ3v) is 4.30. The molecule has 0 aliphatic carbocycles. The monoisotopic (exact) mass is 346 g/mol. The minimum atomic E-state index is -3.40. The van der Waals surface area contributed by atoms with Crippen molar-refractivity contribution < 1.29 is 13.2 Å². The SMILES string of the molecule is Cc1c(NS(C)(=O)=O)cccc1C(=O)Nc1ccc(C(C)C)cc1. The number of rotatable bonds is 5. The molecular formula is C18H22N2O3S. The van der Waals surface area contributed by atoms with Gasteiger partial charge in [-0.3, -0.25) is 9.52 Å². The van der Waals surface area contributed by atoms with E-state index in [0.717, 1.165) is 6.26 Å². The van der Waals surface area contributed by atoms with E-state index in [9.17, 15) is 13.2 Å². The molecule has 0 radical (unpaired) electrons. The van der Waals surface area contributed by atoms with Crippen LogP contribution >= 0.6 is 0 Å². The third-order valence-electron chi connectivity index (χ3n) is 3.71. The molecule has 24 heavy (non-hydrogen) atoms. The van der Waals surface area contributed by atoms with Crippen LogP contribution in [0.5, 0.6) is 0 Å². The molecule has 0 aliphatic heterocycles. The molecule has 0 bridgehead atoms. The molecule has 6 heteroatoms. The number of amides is 1. The van der Waals surface area contributed by atoms with Crippen LogP contribution in [0.1, 0.15) is 41.3 Å². The fourth-order valence-corrected chi connectivity index (χ4v) is 2.96. The molecule has 0 heterocycles. The van der Waals surface area contributed by atoms with Gasteiger partial charge in [0.15, 0.2) is 0 Å². The van der Waals surface area contributed by atoms with E-state index in [2.05, 4.69) is 23.9 Å². The standard InChI is InChI=1S/C18H22N2O3S/c1-12(2)14-8-10-15(11-9-14)19-18(21)16-6-5-7-17(13(16)3)20-24(4,22)23/h5-12,20H,1-4H3,(H,19,21). The lowest BCUT2D eigenvalue weighted by atomic mass is 10.0. The van der Waals surface area contributed by atoms with Crippen molar-refractivity contribution in [2.75, 3.05) is 16.3 Å². The summed E-state index contributed by atoms with van der Waals surface area (Å²) in [5.74, 6) is 0.151. The van der Waals surface area contributed by atoms with E-state index in [4.69, 9.17) is 0 Å². The quantitative estimate of drug-likeness (QED) is 0.866. The van der Waals surface area contributed by atoms with Crippen LogP contribution in [0, 0.1) is 6.92 Å². The van der Waals surface area contributed by atoms with Gasteiger partial charge in [-0.05, 0) is 48.2 Å². The molecule has 2 rings (SSSR count). The molecule has 0 unspecified atom stereocenters. The van der Waals surface area contributed by atoms with Crippen LogP contribution in [0.2, 0.25) is 0 Å². The van der Waals surface area contributed by atoms with Crippen molar-refractivity contribution >= 4 is 27.3 Å². The van der Waals surface area contributed by atoms with Crippen molar-refractivity contribution in [2.24, 2.45) is 0 Å². The Hall–Kier alpha value is -2.34. The van der Waals surface area contributed by atoms with E-state index in [1.165, 1.54) is 5.56 Å². The number of anilines is 2. The molecule has 0 atom stereocenters. The average Bonchev–Trinajstić information content (AvgIpc) is 2.48. The first-order chi connectivity index (χ1) is 11.2. The van der Waals surface area contributed by atoms with Gasteiger partial charge in [0.1, 0.15) is 0 Å². The van der Waals surface area contributed by atoms with Gasteiger partial charge in [0.05, 0.1) is 11.9 Å². The Bertz CT molecular complexity index is 841. The molecule has 0 aliphatic rings. The number of hydrogen-bond donors (Lipinski definition) is 2. The van der Waals surface area contributed by atoms with Crippen LogP contribution in [0.4, 0.5) is 11.4 Å². The smallest absolute Gasteiger partial charge is 0.256 e. The maximum atomic E-state index is 12.5. The molecule has 2 N–H and O–H groups in total. The fourth-order valence-electron chi connectivity index (χ4n) is 2.34. The fraction of sp³-hybridized carbons (Fsp3) is 0.278. The summed E-state index contributed by atoms with van der Waals surface area (Å²) < 4.78 is 25.2. The number of nitrogens with one attached hydrogen (secondary N) is 2. The molecule has 0 fully saturated rings. The molecule has 128 valence electrons. The van der Waals surface area contributed by atoms with Crippen molar-refractivity contribution in [3.05, 3.63) is 59.2 Å². The minimum Gasteiger partial charge on any atom is -0.322 e. The van der Waals surface area contributed by atoms with E-state index >= 15 is 0 Å². The Morgan fingerprint density at radius 2 is 1.67 bits per heavy atom. The molecule has 2 aromatic rings. The second-order valence-electron chi connectivity index (χ2n) is 6.08. The van der Waals surface area contributed by atoms with Gasteiger partial charge < -0.3 is 5.32 Å². The van der Waals surface area contributed by atoms with Crippen LogP contribution in [0.15, 0.2) is 42.5 Å². The van der Waals surface area contributed by atoms with Gasteiger partial charge in [-0.2, -0.15) is 0 Å². The second-order valence-corrected chi connectivity index (χ2v) is 7.83. The zero-order valence-electron chi connectivity index (χ0n) is 14.3. The molecule has 0 spiro atoms. The summed E-state index contributed by atoms with van der Waals surface area (Å²) in [4.78, 5) is 12.5. The second kappa shape index (κ2) is 7.05. The van der Waals surface area contributed by atoms with Gasteiger partial charge in [0, 0.05) is 11.3 Å². The van der Waals surface area contributed by atoms with Crippen LogP contribution in [0.25, 0.3) is 0 Å². The first kappa shape index (κ1) is 18.0. The van der Waals surface area contributed by atoms with Gasteiger partial charge >= 0.3 is 0 Å². The average molecular weight is 346 g/mol. The van der Waals surface area contributed by atoms with E-state index in [0.29, 0.717) is 28.4 Å². The maximum Gasteiger partial charge on any atom is 0.256 e. The number of benzene rings is 2. The maximum absolute atomic E-state index is 12.5. The van der Waals surface area contributed by atoms with Gasteiger partial charge in [0.2, 0.25) is 10.0 Å². The summed E-state index contributed by atoms with van der Waals surface area (Å²) in [5.41, 5.74) is 3.31. The highest BCUT2D eigenvalue weighted by atomic mass is 32.2. The van der Waals surface area contributed by atoms with Crippen molar-refractivity contribution in [3.8, 4) is 0 Å². The first-order valence-corrected chi connectivity index (χ1v) is 9.55. The first-order valence-electron chi connectivity index (χ1n) is 7.66. The summed E-state index contributed by atoms with van der Waals surface area (Å²) in [7, 11) is -3.40. The van der Waals surface area contributed by atoms with E-state index in [1.54, 1.807) is 25.1 Å². The van der Waals surface area contributed by atoms with Crippen LogP contribution < -0.4 is 10.0 Å². The van der Waals surface area contributed by atoms with Gasteiger partial charge in [0.25, 0.3) is 5.91 Å². The molecule has 1 amide bonds. The van der Waals surface area contributed by atoms with Crippen molar-refractivity contribution in [1.82, 2.24) is 0 Å². The van der Waals surface area contributed by atoms with Crippen LogP contribution in [0.3, 0.4) is 0 Å². The van der Waals surface area contributed by atoms with Gasteiger partial charge in [-0.25, -0.2) is 8.42 Å². The molecule has 0 aromatic heterocycles. The lowest BCUT2D eigenvalue weighted by Crippen LogP contribution is -2.16. The number of sulfonamides is 1. The summed E-state index contributed by atoms with van der Waals surface area (Å²) in [5, 5.41) is 2.84. The summed E-state index contributed by atoms with van der Waals surface area (Å²) in [6.07, 6.45) is 1.08. The zero-order chi connectivity index (χ0) is 17.9. The van der Waals surface area contributed by atoms with Crippen molar-refractivity contribution in [2.45, 2.75) is 26.7 Å². The Kier molecular flexibility index (Phi) is 5.29. The number of carbonyl (C=O) groups is 1. The largest absolute Gasteiger partial charge is 0.322 e. The zero-order valence-corrected chi connectivity index (χ0v) is 15.1. The molecule has 0 saturated carbocycles. The van der Waals surface area contributed by atoms with Crippen molar-refractivity contribution in [1.29, 1.82) is 0 Å². The molecule has 0 saturated heterocycles. The summed E-state index contributed by atoms with van der Waals surface area (Å²) in [6.45, 7) is 5.93. The Balaban J connectivity index is 2.22. The minimum absolute atomic E-state index is 0.276. The number of hydrogen-bond acceptors (Lipinski definition) is 3.